The number of nitrogens with zero attached hydrogens (tertiary/aromatic N) is 4. The van der Waals surface area contributed by atoms with E-state index in [0.29, 0.717) is 35.7 Å². The molecule has 10 heteroatoms. The van der Waals surface area contributed by atoms with Crippen molar-refractivity contribution in [2.75, 3.05) is 43.4 Å². The number of pyridine rings is 1. The van der Waals surface area contributed by atoms with Gasteiger partial charge in [0, 0.05) is 56.6 Å². The van der Waals surface area contributed by atoms with Crippen LogP contribution in [0, 0.1) is 0 Å². The number of rotatable bonds is 8. The summed E-state index contributed by atoms with van der Waals surface area (Å²) >= 11 is 0. The van der Waals surface area contributed by atoms with Crippen molar-refractivity contribution in [2.45, 2.75) is 60.1 Å². The predicted molar refractivity (Wildman–Crippen MR) is 177 cm³/mol. The molecule has 44 heavy (non-hydrogen) atoms. The highest BCUT2D eigenvalue weighted by Crippen LogP contribution is 2.27. The van der Waals surface area contributed by atoms with Crippen LogP contribution in [0.2, 0.25) is 0 Å². The zero-order valence-electron chi connectivity index (χ0n) is 26.7. The Morgan fingerprint density at radius 1 is 1.00 bits per heavy atom. The largest absolute Gasteiger partial charge is 0.444 e. The Morgan fingerprint density at radius 2 is 1.73 bits per heavy atom. The van der Waals surface area contributed by atoms with Gasteiger partial charge in [0.25, 0.3) is 5.91 Å². The second kappa shape index (κ2) is 14.8. The fourth-order valence-electron chi connectivity index (χ4n) is 4.83. The number of fused-ring (bicyclic) bond motifs is 1. The first kappa shape index (κ1) is 32.5. The Hall–Kier alpha value is -4.44. The number of imidazole rings is 1. The smallest absolute Gasteiger partial charge is 0.410 e. The summed E-state index contributed by atoms with van der Waals surface area (Å²) in [5.74, 6) is 1.32. The summed E-state index contributed by atoms with van der Waals surface area (Å²) in [7, 11) is 0. The first-order chi connectivity index (χ1) is 21.2. The Labute approximate surface area is 260 Å². The molecule has 3 N–H and O–H groups in total. The molecule has 2 aromatic heterocycles. The van der Waals surface area contributed by atoms with Crippen molar-refractivity contribution < 1.29 is 14.3 Å². The van der Waals surface area contributed by atoms with Crippen molar-refractivity contribution in [1.82, 2.24) is 24.8 Å². The zero-order valence-corrected chi connectivity index (χ0v) is 26.7. The van der Waals surface area contributed by atoms with Gasteiger partial charge in [0.2, 0.25) is 0 Å². The lowest BCUT2D eigenvalue weighted by atomic mass is 10.1. The van der Waals surface area contributed by atoms with Crippen LogP contribution < -0.4 is 10.6 Å². The average molecular weight is 600 g/mol. The van der Waals surface area contributed by atoms with E-state index < -0.39 is 5.60 Å². The fraction of sp³-hybridized carbons (Fsp3) is 0.412. The van der Waals surface area contributed by atoms with E-state index in [4.69, 9.17) is 9.72 Å². The number of ether oxygens (including phenoxy) is 1. The molecule has 0 bridgehead atoms. The van der Waals surface area contributed by atoms with Gasteiger partial charge in [-0.05, 0) is 69.2 Å². The van der Waals surface area contributed by atoms with Gasteiger partial charge in [0.05, 0.1) is 11.2 Å². The molecule has 0 spiro atoms. The number of hydrogen-bond acceptors (Lipinski definition) is 7. The zero-order chi connectivity index (χ0) is 31.7. The molecule has 4 aromatic rings. The summed E-state index contributed by atoms with van der Waals surface area (Å²) in [6.07, 6.45) is 2.51. The molecule has 0 saturated carbocycles. The van der Waals surface area contributed by atoms with Gasteiger partial charge in [-0.2, -0.15) is 0 Å². The number of nitrogens with one attached hydrogen (secondary N) is 3. The SMILES string of the molecule is CC.CCCNc1cc(-c2nc3c(NC(=O)c4ccc(CN5CCN(C(=O)OC(C)(C)C)CC5)cc4)cccc3[nH]2)ccn1. The molecule has 1 fully saturated rings. The molecule has 2 amide bonds. The maximum atomic E-state index is 13.2. The van der Waals surface area contributed by atoms with Gasteiger partial charge in [-0.3, -0.25) is 9.69 Å². The summed E-state index contributed by atoms with van der Waals surface area (Å²) < 4.78 is 5.49. The van der Waals surface area contributed by atoms with E-state index in [2.05, 4.69) is 32.4 Å². The topological polar surface area (TPSA) is 115 Å². The molecule has 3 heterocycles. The van der Waals surface area contributed by atoms with Crippen LogP contribution in [0.15, 0.2) is 60.8 Å². The number of H-pyrrole nitrogens is 1. The highest BCUT2D eigenvalue weighted by atomic mass is 16.6. The molecule has 0 unspecified atom stereocenters. The van der Waals surface area contributed by atoms with E-state index in [0.717, 1.165) is 55.1 Å². The minimum Gasteiger partial charge on any atom is -0.444 e. The van der Waals surface area contributed by atoms with Gasteiger partial charge in [0.1, 0.15) is 22.8 Å². The van der Waals surface area contributed by atoms with Crippen LogP contribution in [-0.4, -0.2) is 75.1 Å². The maximum Gasteiger partial charge on any atom is 0.410 e. The summed E-state index contributed by atoms with van der Waals surface area (Å²) in [5, 5.41) is 6.33. The second-order valence-corrected chi connectivity index (χ2v) is 11.5. The number of carbonyl (C=O) groups excluding carboxylic acids is 2. The molecule has 0 aliphatic carbocycles. The molecule has 1 aliphatic rings. The Balaban J connectivity index is 0.00000216. The van der Waals surface area contributed by atoms with Crippen LogP contribution in [0.25, 0.3) is 22.4 Å². The van der Waals surface area contributed by atoms with Crippen molar-refractivity contribution in [3.8, 4) is 11.4 Å². The van der Waals surface area contributed by atoms with Crippen molar-refractivity contribution in [3.63, 3.8) is 0 Å². The first-order valence-corrected chi connectivity index (χ1v) is 15.5. The van der Waals surface area contributed by atoms with E-state index in [9.17, 15) is 9.59 Å². The van der Waals surface area contributed by atoms with Crippen LogP contribution in [-0.2, 0) is 11.3 Å². The molecule has 0 atom stereocenters. The number of benzene rings is 2. The Bertz CT molecular complexity index is 1530. The highest BCUT2D eigenvalue weighted by molar-refractivity contribution is 6.08. The van der Waals surface area contributed by atoms with Crippen LogP contribution >= 0.6 is 0 Å². The summed E-state index contributed by atoms with van der Waals surface area (Å²) in [6.45, 7) is 16.2. The summed E-state index contributed by atoms with van der Waals surface area (Å²) in [5.41, 5.74) is 4.28. The molecule has 0 radical (unpaired) electrons. The van der Waals surface area contributed by atoms with Crippen molar-refractivity contribution in [2.24, 2.45) is 0 Å². The lowest BCUT2D eigenvalue weighted by Gasteiger charge is -2.35. The molecular weight excluding hydrogens is 554 g/mol. The minimum atomic E-state index is -0.494. The Morgan fingerprint density at radius 3 is 2.41 bits per heavy atom. The van der Waals surface area contributed by atoms with Crippen molar-refractivity contribution in [1.29, 1.82) is 0 Å². The quantitative estimate of drug-likeness (QED) is 0.205. The Kier molecular flexibility index (Phi) is 10.9. The van der Waals surface area contributed by atoms with Crippen LogP contribution in [0.5, 0.6) is 0 Å². The highest BCUT2D eigenvalue weighted by Gasteiger charge is 2.26. The van der Waals surface area contributed by atoms with Crippen molar-refractivity contribution in [3.05, 3.63) is 71.9 Å². The average Bonchev–Trinajstić information content (AvgIpc) is 3.47. The van der Waals surface area contributed by atoms with Gasteiger partial charge in [-0.1, -0.05) is 39.0 Å². The lowest BCUT2D eigenvalue weighted by molar-refractivity contribution is 0.0139. The molecule has 1 aliphatic heterocycles. The number of hydrogen-bond donors (Lipinski definition) is 3. The number of amides is 2. The van der Waals surface area contributed by atoms with E-state index >= 15 is 0 Å². The fourth-order valence-corrected chi connectivity index (χ4v) is 4.83. The second-order valence-electron chi connectivity index (χ2n) is 11.5. The predicted octanol–water partition coefficient (Wildman–Crippen LogP) is 6.78. The molecule has 5 rings (SSSR count). The van der Waals surface area contributed by atoms with E-state index in [-0.39, 0.29) is 12.0 Å². The number of anilines is 2. The minimum absolute atomic E-state index is 0.195. The van der Waals surface area contributed by atoms with Gasteiger partial charge < -0.3 is 25.3 Å². The van der Waals surface area contributed by atoms with E-state index in [1.807, 2.05) is 89.2 Å². The van der Waals surface area contributed by atoms with Crippen molar-refractivity contribution >= 4 is 34.5 Å². The number of piperazine rings is 1. The molecule has 234 valence electrons. The van der Waals surface area contributed by atoms with Gasteiger partial charge in [-0.25, -0.2) is 14.8 Å². The first-order valence-electron chi connectivity index (χ1n) is 15.5. The van der Waals surface area contributed by atoms with Crippen LogP contribution in [0.1, 0.15) is 63.9 Å². The summed E-state index contributed by atoms with van der Waals surface area (Å²) in [6, 6.07) is 17.2. The normalized spacial score (nSPS) is 13.6. The third kappa shape index (κ3) is 8.57. The monoisotopic (exact) mass is 599 g/mol. The standard InChI is InChI=1S/C32H39N7O3.C2H6/c1-5-14-33-27-20-24(13-15-34-27)29-35-25-7-6-8-26(28(25)37-29)36-30(40)23-11-9-22(10-12-23)21-38-16-18-39(19-17-38)31(41)42-32(2,3)4;1-2/h6-13,15,20H,5,14,16-19,21H2,1-4H3,(H,33,34)(H,35,37)(H,36,40);1-2H3. The van der Waals surface area contributed by atoms with E-state index in [1.54, 1.807) is 11.1 Å². The molecular formula is C34H45N7O3. The van der Waals surface area contributed by atoms with E-state index in [1.165, 1.54) is 0 Å². The number of para-hydroxylation sites is 1. The number of aromatic nitrogens is 3. The summed E-state index contributed by atoms with van der Waals surface area (Å²) in [4.78, 5) is 42.1. The third-order valence-electron chi connectivity index (χ3n) is 7.00. The van der Waals surface area contributed by atoms with Gasteiger partial charge in [0.15, 0.2) is 0 Å². The lowest BCUT2D eigenvalue weighted by Crippen LogP contribution is -2.49. The third-order valence-corrected chi connectivity index (χ3v) is 7.00. The van der Waals surface area contributed by atoms with Gasteiger partial charge >= 0.3 is 6.09 Å². The van der Waals surface area contributed by atoms with Crippen LogP contribution in [0.3, 0.4) is 0 Å². The number of carbonyl (C=O) groups is 2. The van der Waals surface area contributed by atoms with Gasteiger partial charge in [-0.15, -0.1) is 0 Å². The molecule has 10 nitrogen and oxygen atoms in total. The molecule has 2 aromatic carbocycles. The maximum absolute atomic E-state index is 13.2. The number of aromatic amines is 1. The molecule has 1 saturated heterocycles. The van der Waals surface area contributed by atoms with Crippen LogP contribution in [0.4, 0.5) is 16.3 Å².